The lowest BCUT2D eigenvalue weighted by atomic mass is 10.1. The third-order valence-corrected chi connectivity index (χ3v) is 6.47. The Labute approximate surface area is 155 Å². The number of nitriles is 1. The molecule has 1 aromatic heterocycles. The molecule has 3 rings (SSSR count). The highest BCUT2D eigenvalue weighted by Crippen LogP contribution is 2.37. The number of hydrogen-bond acceptors (Lipinski definition) is 4. The Balaban J connectivity index is 1.60. The lowest BCUT2D eigenvalue weighted by Crippen LogP contribution is -2.12. The average Bonchev–Trinajstić information content (AvgIpc) is 2.76. The molecule has 0 aliphatic heterocycles. The van der Waals surface area contributed by atoms with E-state index in [1.54, 1.807) is 18.2 Å². The molecule has 0 saturated heterocycles. The van der Waals surface area contributed by atoms with Gasteiger partial charge in [-0.2, -0.15) is 5.26 Å². The van der Waals surface area contributed by atoms with Crippen LogP contribution in [-0.2, 0) is 17.6 Å². The standard InChI is InChI=1S/C19H19FN2OS2/c20-15-7-4-5-9-17(15)24-11-10-18(23)22-19-14(12-21)13-6-2-1-3-8-16(13)25-19/h4-5,7,9H,1-3,6,8,10-11H2,(H,22,23). The summed E-state index contributed by atoms with van der Waals surface area (Å²) in [5.74, 6) is 0.109. The third-order valence-electron chi connectivity index (χ3n) is 4.21. The molecule has 1 aliphatic carbocycles. The van der Waals surface area contributed by atoms with Crippen LogP contribution < -0.4 is 5.32 Å². The van der Waals surface area contributed by atoms with E-state index in [9.17, 15) is 14.4 Å². The molecule has 3 nitrogen and oxygen atoms in total. The number of hydrogen-bond donors (Lipinski definition) is 1. The maximum absolute atomic E-state index is 13.6. The van der Waals surface area contributed by atoms with Crippen LogP contribution in [0.3, 0.4) is 0 Å². The van der Waals surface area contributed by atoms with Crippen molar-refractivity contribution >= 4 is 34.0 Å². The normalized spacial score (nSPS) is 13.6. The van der Waals surface area contributed by atoms with Crippen molar-refractivity contribution in [1.29, 1.82) is 5.26 Å². The van der Waals surface area contributed by atoms with Gasteiger partial charge < -0.3 is 5.32 Å². The second-order valence-corrected chi connectivity index (χ2v) is 8.20. The Morgan fingerprint density at radius 3 is 2.88 bits per heavy atom. The fourth-order valence-electron chi connectivity index (χ4n) is 2.95. The SMILES string of the molecule is N#Cc1c(NC(=O)CCSc2ccccc2F)sc2c1CCCCC2. The highest BCUT2D eigenvalue weighted by molar-refractivity contribution is 7.99. The molecule has 0 saturated carbocycles. The number of anilines is 1. The van der Waals surface area contributed by atoms with Gasteiger partial charge in [-0.25, -0.2) is 4.39 Å². The number of thiophene rings is 1. The lowest BCUT2D eigenvalue weighted by molar-refractivity contribution is -0.115. The van der Waals surface area contributed by atoms with Crippen LogP contribution in [0.5, 0.6) is 0 Å². The zero-order chi connectivity index (χ0) is 17.6. The van der Waals surface area contributed by atoms with Crippen molar-refractivity contribution in [2.75, 3.05) is 11.1 Å². The highest BCUT2D eigenvalue weighted by Gasteiger charge is 2.20. The van der Waals surface area contributed by atoms with Crippen molar-refractivity contribution in [2.24, 2.45) is 0 Å². The van der Waals surface area contributed by atoms with Crippen LogP contribution in [0.2, 0.25) is 0 Å². The Bertz CT molecular complexity index is 810. The van der Waals surface area contributed by atoms with Crippen LogP contribution in [0.15, 0.2) is 29.2 Å². The van der Waals surface area contributed by atoms with E-state index in [2.05, 4.69) is 11.4 Å². The van der Waals surface area contributed by atoms with Crippen molar-refractivity contribution in [2.45, 2.75) is 43.4 Å². The largest absolute Gasteiger partial charge is 0.317 e. The molecule has 0 fully saturated rings. The van der Waals surface area contributed by atoms with Crippen molar-refractivity contribution in [3.8, 4) is 6.07 Å². The second-order valence-electron chi connectivity index (χ2n) is 5.96. The van der Waals surface area contributed by atoms with Gasteiger partial charge in [-0.05, 0) is 43.4 Å². The first-order chi connectivity index (χ1) is 12.2. The average molecular weight is 375 g/mol. The highest BCUT2D eigenvalue weighted by atomic mass is 32.2. The summed E-state index contributed by atoms with van der Waals surface area (Å²) < 4.78 is 13.6. The summed E-state index contributed by atoms with van der Waals surface area (Å²) in [6.45, 7) is 0. The predicted molar refractivity (Wildman–Crippen MR) is 101 cm³/mol. The summed E-state index contributed by atoms with van der Waals surface area (Å²) in [5, 5.41) is 13.0. The summed E-state index contributed by atoms with van der Waals surface area (Å²) in [6.07, 6.45) is 5.64. The Morgan fingerprint density at radius 2 is 2.08 bits per heavy atom. The number of amides is 1. The minimum Gasteiger partial charge on any atom is -0.317 e. The summed E-state index contributed by atoms with van der Waals surface area (Å²) in [5.41, 5.74) is 1.76. The van der Waals surface area contributed by atoms with Crippen molar-refractivity contribution in [3.05, 3.63) is 46.1 Å². The molecule has 1 amide bonds. The molecule has 25 heavy (non-hydrogen) atoms. The van der Waals surface area contributed by atoms with E-state index in [-0.39, 0.29) is 18.1 Å². The molecule has 1 N–H and O–H groups in total. The topological polar surface area (TPSA) is 52.9 Å². The van der Waals surface area contributed by atoms with Gasteiger partial charge in [0.2, 0.25) is 5.91 Å². The molecule has 0 radical (unpaired) electrons. The first-order valence-electron chi connectivity index (χ1n) is 8.41. The number of rotatable bonds is 5. The van der Waals surface area contributed by atoms with Crippen LogP contribution >= 0.6 is 23.1 Å². The second kappa shape index (κ2) is 8.50. The summed E-state index contributed by atoms with van der Waals surface area (Å²) in [7, 11) is 0. The third kappa shape index (κ3) is 4.42. The molecule has 1 heterocycles. The van der Waals surface area contributed by atoms with E-state index in [1.165, 1.54) is 40.5 Å². The number of fused-ring (bicyclic) bond motifs is 1. The van der Waals surface area contributed by atoms with Crippen molar-refractivity contribution in [3.63, 3.8) is 0 Å². The smallest absolute Gasteiger partial charge is 0.225 e. The predicted octanol–water partition coefficient (Wildman–Crippen LogP) is 5.15. The zero-order valence-electron chi connectivity index (χ0n) is 13.8. The Hall–Kier alpha value is -1.84. The number of benzene rings is 1. The van der Waals surface area contributed by atoms with Gasteiger partial charge in [0, 0.05) is 21.9 Å². The number of nitrogens with one attached hydrogen (secondary N) is 1. The quantitative estimate of drug-likeness (QED) is 0.582. The molecule has 0 bridgehead atoms. The summed E-state index contributed by atoms with van der Waals surface area (Å²) in [6, 6.07) is 8.82. The van der Waals surface area contributed by atoms with Gasteiger partial charge in [-0.15, -0.1) is 23.1 Å². The molecule has 130 valence electrons. The van der Waals surface area contributed by atoms with Crippen molar-refractivity contribution in [1.82, 2.24) is 0 Å². The fraction of sp³-hybridized carbons (Fsp3) is 0.368. The number of aryl methyl sites for hydroxylation is 1. The Kier molecular flexibility index (Phi) is 6.11. The van der Waals surface area contributed by atoms with E-state index in [0.717, 1.165) is 31.2 Å². The maximum atomic E-state index is 13.6. The molecular formula is C19H19FN2OS2. The first-order valence-corrected chi connectivity index (χ1v) is 10.2. The molecule has 0 spiro atoms. The molecule has 6 heteroatoms. The van der Waals surface area contributed by atoms with Crippen LogP contribution in [0.25, 0.3) is 0 Å². The van der Waals surface area contributed by atoms with Gasteiger partial charge in [-0.1, -0.05) is 18.6 Å². The zero-order valence-corrected chi connectivity index (χ0v) is 15.4. The van der Waals surface area contributed by atoms with E-state index in [1.807, 2.05) is 0 Å². The van der Waals surface area contributed by atoms with Crippen LogP contribution in [0.4, 0.5) is 9.39 Å². The number of halogens is 1. The van der Waals surface area contributed by atoms with Crippen LogP contribution in [-0.4, -0.2) is 11.7 Å². The van der Waals surface area contributed by atoms with Crippen LogP contribution in [0.1, 0.15) is 41.7 Å². The van der Waals surface area contributed by atoms with E-state index < -0.39 is 0 Å². The van der Waals surface area contributed by atoms with Gasteiger partial charge in [-0.3, -0.25) is 4.79 Å². The molecule has 0 atom stereocenters. The molecule has 2 aromatic rings. The number of thioether (sulfide) groups is 1. The number of carbonyl (C=O) groups excluding carboxylic acids is 1. The fourth-order valence-corrected chi connectivity index (χ4v) is 5.10. The summed E-state index contributed by atoms with van der Waals surface area (Å²) >= 11 is 2.87. The molecule has 0 unspecified atom stereocenters. The van der Waals surface area contributed by atoms with E-state index >= 15 is 0 Å². The minimum absolute atomic E-state index is 0.128. The molecule has 1 aromatic carbocycles. The van der Waals surface area contributed by atoms with Gasteiger partial charge in [0.15, 0.2) is 0 Å². The van der Waals surface area contributed by atoms with Crippen LogP contribution in [0, 0.1) is 17.1 Å². The van der Waals surface area contributed by atoms with Gasteiger partial charge >= 0.3 is 0 Å². The molecule has 1 aliphatic rings. The van der Waals surface area contributed by atoms with Crippen molar-refractivity contribution < 1.29 is 9.18 Å². The van der Waals surface area contributed by atoms with Gasteiger partial charge in [0.05, 0.1) is 5.56 Å². The Morgan fingerprint density at radius 1 is 1.28 bits per heavy atom. The van der Waals surface area contributed by atoms with E-state index in [0.29, 0.717) is 21.2 Å². The van der Waals surface area contributed by atoms with Gasteiger partial charge in [0.1, 0.15) is 16.9 Å². The first kappa shape index (κ1) is 18.0. The minimum atomic E-state index is -0.262. The summed E-state index contributed by atoms with van der Waals surface area (Å²) in [4.78, 5) is 14.0. The van der Waals surface area contributed by atoms with Gasteiger partial charge in [0.25, 0.3) is 0 Å². The maximum Gasteiger partial charge on any atom is 0.225 e. The monoisotopic (exact) mass is 374 g/mol. The lowest BCUT2D eigenvalue weighted by Gasteiger charge is -2.05. The molecular weight excluding hydrogens is 355 g/mol. The number of nitrogens with zero attached hydrogens (tertiary/aromatic N) is 1. The number of carbonyl (C=O) groups is 1. The van der Waals surface area contributed by atoms with E-state index in [4.69, 9.17) is 0 Å².